The van der Waals surface area contributed by atoms with E-state index in [1.54, 1.807) is 30.3 Å². The van der Waals surface area contributed by atoms with Crippen molar-refractivity contribution >= 4 is 40.6 Å². The van der Waals surface area contributed by atoms with Gasteiger partial charge in [0.25, 0.3) is 5.91 Å². The normalized spacial score (nSPS) is 10.6. The molecular weight excluding hydrogens is 372 g/mol. The SMILES string of the molecule is O=C(NCc1ccc(Cl)cc1Cl)c1snnc1-c1ccc(F)cc1. The lowest BCUT2D eigenvalue weighted by atomic mass is 10.1. The molecule has 2 aromatic carbocycles. The first-order valence-corrected chi connectivity index (χ1v) is 8.38. The van der Waals surface area contributed by atoms with Crippen LogP contribution in [0.15, 0.2) is 42.5 Å². The van der Waals surface area contributed by atoms with Gasteiger partial charge in [0.15, 0.2) is 0 Å². The van der Waals surface area contributed by atoms with Crippen molar-refractivity contribution < 1.29 is 9.18 Å². The molecule has 0 saturated heterocycles. The van der Waals surface area contributed by atoms with Crippen LogP contribution >= 0.6 is 34.7 Å². The molecule has 1 N–H and O–H groups in total. The van der Waals surface area contributed by atoms with Crippen molar-refractivity contribution in [1.82, 2.24) is 14.9 Å². The topological polar surface area (TPSA) is 54.9 Å². The van der Waals surface area contributed by atoms with Gasteiger partial charge in [0, 0.05) is 22.2 Å². The van der Waals surface area contributed by atoms with Crippen molar-refractivity contribution in [2.75, 3.05) is 0 Å². The van der Waals surface area contributed by atoms with Crippen molar-refractivity contribution in [3.63, 3.8) is 0 Å². The Labute approximate surface area is 151 Å². The maximum atomic E-state index is 13.0. The van der Waals surface area contributed by atoms with Gasteiger partial charge >= 0.3 is 0 Å². The second-order valence-corrected chi connectivity index (χ2v) is 6.47. The van der Waals surface area contributed by atoms with E-state index in [1.807, 2.05) is 0 Å². The predicted octanol–water partition coefficient (Wildman–Crippen LogP) is 4.58. The van der Waals surface area contributed by atoms with E-state index in [2.05, 4.69) is 14.9 Å². The highest BCUT2D eigenvalue weighted by atomic mass is 35.5. The van der Waals surface area contributed by atoms with E-state index < -0.39 is 0 Å². The maximum absolute atomic E-state index is 13.0. The number of benzene rings is 2. The summed E-state index contributed by atoms with van der Waals surface area (Å²) >= 11 is 12.9. The number of nitrogens with zero attached hydrogens (tertiary/aromatic N) is 2. The molecule has 8 heteroatoms. The van der Waals surface area contributed by atoms with Crippen LogP contribution < -0.4 is 5.32 Å². The van der Waals surface area contributed by atoms with E-state index in [0.717, 1.165) is 17.1 Å². The Hall–Kier alpha value is -2.02. The van der Waals surface area contributed by atoms with Crippen LogP contribution in [0.3, 0.4) is 0 Å². The number of carbonyl (C=O) groups is 1. The molecule has 0 bridgehead atoms. The number of aromatic nitrogens is 2. The molecule has 0 saturated carbocycles. The summed E-state index contributed by atoms with van der Waals surface area (Å²) in [7, 11) is 0. The lowest BCUT2D eigenvalue weighted by Gasteiger charge is -2.07. The van der Waals surface area contributed by atoms with Crippen LogP contribution in [0.25, 0.3) is 11.3 Å². The van der Waals surface area contributed by atoms with Crippen molar-refractivity contribution in [2.45, 2.75) is 6.54 Å². The van der Waals surface area contributed by atoms with Gasteiger partial charge in [-0.3, -0.25) is 4.79 Å². The average molecular weight is 382 g/mol. The van der Waals surface area contributed by atoms with E-state index in [1.165, 1.54) is 12.1 Å². The van der Waals surface area contributed by atoms with Crippen LogP contribution in [0.4, 0.5) is 4.39 Å². The number of halogens is 3. The average Bonchev–Trinajstić information content (AvgIpc) is 3.04. The number of hydrogen-bond acceptors (Lipinski definition) is 4. The maximum Gasteiger partial charge on any atom is 0.265 e. The summed E-state index contributed by atoms with van der Waals surface area (Å²) in [5, 5.41) is 7.74. The van der Waals surface area contributed by atoms with E-state index >= 15 is 0 Å². The molecule has 0 spiro atoms. The lowest BCUT2D eigenvalue weighted by Crippen LogP contribution is -2.22. The second-order valence-electron chi connectivity index (χ2n) is 4.88. The molecule has 24 heavy (non-hydrogen) atoms. The van der Waals surface area contributed by atoms with Crippen LogP contribution in [-0.4, -0.2) is 15.5 Å². The number of amides is 1. The first-order chi connectivity index (χ1) is 11.5. The third kappa shape index (κ3) is 3.72. The molecule has 0 unspecified atom stereocenters. The van der Waals surface area contributed by atoms with Gasteiger partial charge < -0.3 is 5.32 Å². The summed E-state index contributed by atoms with van der Waals surface area (Å²) in [6.07, 6.45) is 0. The molecule has 0 atom stereocenters. The van der Waals surface area contributed by atoms with Crippen LogP contribution in [0.5, 0.6) is 0 Å². The smallest absolute Gasteiger partial charge is 0.265 e. The predicted molar refractivity (Wildman–Crippen MR) is 92.9 cm³/mol. The quantitative estimate of drug-likeness (QED) is 0.719. The Morgan fingerprint density at radius 1 is 1.17 bits per heavy atom. The van der Waals surface area contributed by atoms with Crippen LogP contribution in [0.2, 0.25) is 10.0 Å². The minimum atomic E-state index is -0.356. The zero-order chi connectivity index (χ0) is 17.1. The fourth-order valence-corrected chi connectivity index (χ4v) is 3.14. The fraction of sp³-hybridized carbons (Fsp3) is 0.0625. The molecular formula is C16H10Cl2FN3OS. The third-order valence-electron chi connectivity index (χ3n) is 3.27. The Bertz CT molecular complexity index is 883. The standard InChI is InChI=1S/C16H10Cl2FN3OS/c17-11-4-1-10(13(18)7-11)8-20-16(23)15-14(21-22-24-15)9-2-5-12(19)6-3-9/h1-7H,8H2,(H,20,23). The fourth-order valence-electron chi connectivity index (χ4n) is 2.06. The van der Waals surface area contributed by atoms with E-state index in [4.69, 9.17) is 23.2 Å². The zero-order valence-electron chi connectivity index (χ0n) is 12.1. The van der Waals surface area contributed by atoms with Gasteiger partial charge in [-0.1, -0.05) is 33.8 Å². The van der Waals surface area contributed by atoms with Gasteiger partial charge in [0.1, 0.15) is 16.4 Å². The van der Waals surface area contributed by atoms with Crippen molar-refractivity contribution in [3.8, 4) is 11.3 Å². The summed E-state index contributed by atoms with van der Waals surface area (Å²) in [6, 6.07) is 10.8. The molecule has 1 amide bonds. The molecule has 0 aliphatic heterocycles. The third-order valence-corrected chi connectivity index (χ3v) is 4.58. The summed E-state index contributed by atoms with van der Waals surface area (Å²) < 4.78 is 16.8. The number of rotatable bonds is 4. The summed E-state index contributed by atoms with van der Waals surface area (Å²) in [4.78, 5) is 12.7. The molecule has 3 rings (SSSR count). The Morgan fingerprint density at radius 2 is 1.92 bits per heavy atom. The van der Waals surface area contributed by atoms with Crippen molar-refractivity contribution in [2.24, 2.45) is 0 Å². The number of carbonyl (C=O) groups excluding carboxylic acids is 1. The van der Waals surface area contributed by atoms with Gasteiger partial charge in [-0.2, -0.15) is 0 Å². The second kappa shape index (κ2) is 7.25. The summed E-state index contributed by atoms with van der Waals surface area (Å²) in [5.74, 6) is -0.680. The van der Waals surface area contributed by atoms with E-state index in [-0.39, 0.29) is 18.3 Å². The molecule has 0 radical (unpaired) electrons. The largest absolute Gasteiger partial charge is 0.347 e. The molecule has 1 aromatic heterocycles. The monoisotopic (exact) mass is 381 g/mol. The van der Waals surface area contributed by atoms with Gasteiger partial charge in [-0.05, 0) is 53.5 Å². The number of nitrogens with one attached hydrogen (secondary N) is 1. The summed E-state index contributed by atoms with van der Waals surface area (Å²) in [6.45, 7) is 0.246. The molecule has 122 valence electrons. The highest BCUT2D eigenvalue weighted by Crippen LogP contribution is 2.25. The van der Waals surface area contributed by atoms with Gasteiger partial charge in [0.05, 0.1) is 0 Å². The molecule has 3 aromatic rings. The first kappa shape index (κ1) is 16.8. The van der Waals surface area contributed by atoms with Crippen LogP contribution in [0.1, 0.15) is 15.2 Å². The first-order valence-electron chi connectivity index (χ1n) is 6.85. The minimum absolute atomic E-state index is 0.246. The van der Waals surface area contributed by atoms with Crippen molar-refractivity contribution in [3.05, 3.63) is 68.8 Å². The highest BCUT2D eigenvalue weighted by Gasteiger charge is 2.18. The zero-order valence-corrected chi connectivity index (χ0v) is 14.4. The van der Waals surface area contributed by atoms with Crippen LogP contribution in [-0.2, 0) is 6.54 Å². The molecule has 1 heterocycles. The van der Waals surface area contributed by atoms with Gasteiger partial charge in [-0.25, -0.2) is 4.39 Å². The molecule has 0 aliphatic carbocycles. The van der Waals surface area contributed by atoms with E-state index in [0.29, 0.717) is 26.2 Å². The Balaban J connectivity index is 1.76. The molecule has 0 aliphatic rings. The Kier molecular flexibility index (Phi) is 5.08. The minimum Gasteiger partial charge on any atom is -0.347 e. The van der Waals surface area contributed by atoms with Gasteiger partial charge in [-0.15, -0.1) is 5.10 Å². The van der Waals surface area contributed by atoms with Gasteiger partial charge in [0.2, 0.25) is 0 Å². The highest BCUT2D eigenvalue weighted by molar-refractivity contribution is 7.08. The number of hydrogen-bond donors (Lipinski definition) is 1. The molecule has 4 nitrogen and oxygen atoms in total. The Morgan fingerprint density at radius 3 is 2.62 bits per heavy atom. The van der Waals surface area contributed by atoms with Crippen molar-refractivity contribution in [1.29, 1.82) is 0 Å². The van der Waals surface area contributed by atoms with E-state index in [9.17, 15) is 9.18 Å². The lowest BCUT2D eigenvalue weighted by molar-refractivity contribution is 0.0955. The molecule has 0 fully saturated rings. The summed E-state index contributed by atoms with van der Waals surface area (Å²) in [5.41, 5.74) is 1.79. The van der Waals surface area contributed by atoms with Crippen LogP contribution in [0, 0.1) is 5.82 Å².